The number of anilines is 1. The lowest BCUT2D eigenvalue weighted by molar-refractivity contribution is 0.170. The standard InChI is InChI=1S/C16H21N3O/c17-16-13(6-4-9-18-16)12-19-10-3-1-2-7-14(19)15-8-5-11-20-15/h4-6,8-9,11,14H,1-3,7,10,12H2,(H2,17,18)/t14-/m1/s1. The van der Waals surface area contributed by atoms with Gasteiger partial charge in [0.2, 0.25) is 0 Å². The van der Waals surface area contributed by atoms with E-state index in [-0.39, 0.29) is 0 Å². The summed E-state index contributed by atoms with van der Waals surface area (Å²) < 4.78 is 5.64. The van der Waals surface area contributed by atoms with Gasteiger partial charge in [-0.05, 0) is 37.6 Å². The second kappa shape index (κ2) is 6.09. The zero-order valence-corrected chi connectivity index (χ0v) is 11.7. The molecule has 0 aromatic carbocycles. The molecule has 20 heavy (non-hydrogen) atoms. The number of aromatic nitrogens is 1. The number of hydrogen-bond donors (Lipinski definition) is 1. The summed E-state index contributed by atoms with van der Waals surface area (Å²) >= 11 is 0. The number of nitrogen functional groups attached to an aromatic ring is 1. The Hall–Kier alpha value is -1.81. The number of pyridine rings is 1. The van der Waals surface area contributed by atoms with E-state index in [4.69, 9.17) is 10.2 Å². The maximum absolute atomic E-state index is 5.98. The van der Waals surface area contributed by atoms with E-state index in [1.807, 2.05) is 12.1 Å². The van der Waals surface area contributed by atoms with Gasteiger partial charge < -0.3 is 10.2 Å². The quantitative estimate of drug-likeness (QED) is 0.930. The fourth-order valence-electron chi connectivity index (χ4n) is 2.96. The Morgan fingerprint density at radius 3 is 3.00 bits per heavy atom. The van der Waals surface area contributed by atoms with Gasteiger partial charge >= 0.3 is 0 Å². The molecule has 1 saturated heterocycles. The predicted octanol–water partition coefficient (Wildman–Crippen LogP) is 3.37. The van der Waals surface area contributed by atoms with Crippen molar-refractivity contribution in [2.45, 2.75) is 38.3 Å². The minimum atomic E-state index is 0.354. The average molecular weight is 271 g/mol. The first-order chi connectivity index (χ1) is 9.84. The van der Waals surface area contributed by atoms with Crippen LogP contribution in [0, 0.1) is 0 Å². The Morgan fingerprint density at radius 1 is 1.25 bits per heavy atom. The summed E-state index contributed by atoms with van der Waals surface area (Å²) in [5.74, 6) is 1.70. The molecule has 0 unspecified atom stereocenters. The average Bonchev–Trinajstić information content (AvgIpc) is 2.89. The molecule has 0 radical (unpaired) electrons. The van der Waals surface area contributed by atoms with Gasteiger partial charge in [0.05, 0.1) is 12.3 Å². The number of nitrogens with zero attached hydrogens (tertiary/aromatic N) is 2. The molecule has 1 fully saturated rings. The third kappa shape index (κ3) is 2.85. The van der Waals surface area contributed by atoms with Crippen molar-refractivity contribution < 1.29 is 4.42 Å². The molecular weight excluding hydrogens is 250 g/mol. The highest BCUT2D eigenvalue weighted by atomic mass is 16.3. The lowest BCUT2D eigenvalue weighted by Gasteiger charge is -2.28. The van der Waals surface area contributed by atoms with Crippen LogP contribution in [0.3, 0.4) is 0 Å². The van der Waals surface area contributed by atoms with Crippen LogP contribution in [-0.2, 0) is 6.54 Å². The van der Waals surface area contributed by atoms with Crippen LogP contribution in [0.4, 0.5) is 5.82 Å². The van der Waals surface area contributed by atoms with Crippen molar-refractivity contribution in [2.75, 3.05) is 12.3 Å². The second-order valence-electron chi connectivity index (χ2n) is 5.40. The normalized spacial score (nSPS) is 20.7. The summed E-state index contributed by atoms with van der Waals surface area (Å²) in [5.41, 5.74) is 7.08. The zero-order valence-electron chi connectivity index (χ0n) is 11.7. The lowest BCUT2D eigenvalue weighted by atomic mass is 10.1. The van der Waals surface area contributed by atoms with E-state index >= 15 is 0 Å². The third-order valence-corrected chi connectivity index (χ3v) is 4.03. The van der Waals surface area contributed by atoms with Gasteiger partial charge in [-0.15, -0.1) is 0 Å². The largest absolute Gasteiger partial charge is 0.468 e. The molecule has 4 nitrogen and oxygen atoms in total. The van der Waals surface area contributed by atoms with Gasteiger partial charge in [-0.3, -0.25) is 4.90 Å². The van der Waals surface area contributed by atoms with Gasteiger partial charge in [-0.25, -0.2) is 4.98 Å². The summed E-state index contributed by atoms with van der Waals surface area (Å²) in [4.78, 5) is 6.65. The Labute approximate surface area is 119 Å². The Bertz CT molecular complexity index is 538. The van der Waals surface area contributed by atoms with Crippen molar-refractivity contribution in [1.29, 1.82) is 0 Å². The first-order valence-corrected chi connectivity index (χ1v) is 7.31. The molecule has 3 heterocycles. The summed E-state index contributed by atoms with van der Waals surface area (Å²) in [7, 11) is 0. The number of rotatable bonds is 3. The number of furan rings is 1. The molecule has 0 saturated carbocycles. The first-order valence-electron chi connectivity index (χ1n) is 7.31. The van der Waals surface area contributed by atoms with E-state index in [1.165, 1.54) is 19.3 Å². The van der Waals surface area contributed by atoms with E-state index in [0.29, 0.717) is 11.9 Å². The molecule has 1 aliphatic heterocycles. The van der Waals surface area contributed by atoms with Crippen LogP contribution >= 0.6 is 0 Å². The maximum Gasteiger partial charge on any atom is 0.127 e. The van der Waals surface area contributed by atoms with Crippen molar-refractivity contribution >= 4 is 5.82 Å². The molecular formula is C16H21N3O. The molecule has 2 N–H and O–H groups in total. The van der Waals surface area contributed by atoms with Crippen LogP contribution in [0.15, 0.2) is 41.1 Å². The Kier molecular flexibility index (Phi) is 4.02. The van der Waals surface area contributed by atoms with Crippen LogP contribution in [0.1, 0.15) is 43.0 Å². The number of likely N-dealkylation sites (tertiary alicyclic amines) is 1. The third-order valence-electron chi connectivity index (χ3n) is 4.03. The number of hydrogen-bond acceptors (Lipinski definition) is 4. The van der Waals surface area contributed by atoms with Crippen LogP contribution < -0.4 is 5.73 Å². The van der Waals surface area contributed by atoms with Crippen LogP contribution in [0.2, 0.25) is 0 Å². The highest BCUT2D eigenvalue weighted by molar-refractivity contribution is 5.38. The minimum absolute atomic E-state index is 0.354. The maximum atomic E-state index is 5.98. The molecule has 1 aliphatic rings. The summed E-state index contributed by atoms with van der Waals surface area (Å²) in [6.07, 6.45) is 8.42. The number of nitrogens with two attached hydrogens (primary N) is 1. The van der Waals surface area contributed by atoms with Gasteiger partial charge in [-0.2, -0.15) is 0 Å². The SMILES string of the molecule is Nc1ncccc1CN1CCCCC[C@@H]1c1ccco1. The molecule has 4 heteroatoms. The second-order valence-corrected chi connectivity index (χ2v) is 5.40. The molecule has 2 aromatic heterocycles. The van der Waals surface area contributed by atoms with Crippen molar-refractivity contribution in [2.24, 2.45) is 0 Å². The Balaban J connectivity index is 1.82. The molecule has 106 valence electrons. The fourth-order valence-corrected chi connectivity index (χ4v) is 2.96. The summed E-state index contributed by atoms with van der Waals surface area (Å²) in [6, 6.07) is 8.41. The van der Waals surface area contributed by atoms with E-state index < -0.39 is 0 Å². The molecule has 2 aromatic rings. The molecule has 0 amide bonds. The molecule has 1 atom stereocenters. The van der Waals surface area contributed by atoms with Gasteiger partial charge in [0, 0.05) is 18.3 Å². The van der Waals surface area contributed by atoms with Crippen LogP contribution in [-0.4, -0.2) is 16.4 Å². The van der Waals surface area contributed by atoms with Crippen LogP contribution in [0.5, 0.6) is 0 Å². The van der Waals surface area contributed by atoms with Gasteiger partial charge in [0.25, 0.3) is 0 Å². The van der Waals surface area contributed by atoms with E-state index in [1.54, 1.807) is 12.5 Å². The van der Waals surface area contributed by atoms with Crippen molar-refractivity contribution in [1.82, 2.24) is 9.88 Å². The predicted molar refractivity (Wildman–Crippen MR) is 79.0 cm³/mol. The smallest absolute Gasteiger partial charge is 0.127 e. The zero-order chi connectivity index (χ0) is 13.8. The Morgan fingerprint density at radius 2 is 2.20 bits per heavy atom. The first kappa shape index (κ1) is 13.2. The van der Waals surface area contributed by atoms with E-state index in [9.17, 15) is 0 Å². The molecule has 3 rings (SSSR count). The molecule has 0 aliphatic carbocycles. The highest BCUT2D eigenvalue weighted by Gasteiger charge is 2.25. The van der Waals surface area contributed by atoms with Gasteiger partial charge in [0.15, 0.2) is 0 Å². The van der Waals surface area contributed by atoms with Gasteiger partial charge in [-0.1, -0.05) is 18.9 Å². The topological polar surface area (TPSA) is 55.3 Å². The summed E-state index contributed by atoms with van der Waals surface area (Å²) in [6.45, 7) is 1.92. The van der Waals surface area contributed by atoms with E-state index in [2.05, 4.69) is 22.0 Å². The highest BCUT2D eigenvalue weighted by Crippen LogP contribution is 2.32. The monoisotopic (exact) mass is 271 g/mol. The van der Waals surface area contributed by atoms with Crippen molar-refractivity contribution in [3.63, 3.8) is 0 Å². The fraction of sp³-hybridized carbons (Fsp3) is 0.438. The lowest BCUT2D eigenvalue weighted by Crippen LogP contribution is -2.28. The molecule has 0 spiro atoms. The molecule has 0 bridgehead atoms. The van der Waals surface area contributed by atoms with Crippen LogP contribution in [0.25, 0.3) is 0 Å². The minimum Gasteiger partial charge on any atom is -0.468 e. The van der Waals surface area contributed by atoms with Crippen molar-refractivity contribution in [3.8, 4) is 0 Å². The van der Waals surface area contributed by atoms with Gasteiger partial charge in [0.1, 0.15) is 11.6 Å². The summed E-state index contributed by atoms with van der Waals surface area (Å²) in [5, 5.41) is 0. The van der Waals surface area contributed by atoms with E-state index in [0.717, 1.165) is 30.8 Å². The van der Waals surface area contributed by atoms with Crippen molar-refractivity contribution in [3.05, 3.63) is 48.0 Å².